The number of unbranched alkanes of at least 4 members (excludes halogenated alkanes) is 14. The van der Waals surface area contributed by atoms with E-state index in [0.29, 0.717) is 6.42 Å². The average molecular weight is 802 g/mol. The van der Waals surface area contributed by atoms with E-state index in [1.54, 1.807) is 25.7 Å². The molecule has 0 unspecified atom stereocenters. The van der Waals surface area contributed by atoms with Gasteiger partial charge in [0.2, 0.25) is 0 Å². The molecule has 0 aromatic carbocycles. The molecule has 13 nitrogen and oxygen atoms in total. The number of carbonyl (C=O) groups is 5. The van der Waals surface area contributed by atoms with Gasteiger partial charge in [0.25, 0.3) is 0 Å². The highest BCUT2D eigenvalue weighted by Gasteiger charge is 2.56. The van der Waals surface area contributed by atoms with Crippen molar-refractivity contribution in [2.75, 3.05) is 12.9 Å². The van der Waals surface area contributed by atoms with Crippen molar-refractivity contribution in [3.8, 4) is 0 Å². The van der Waals surface area contributed by atoms with Crippen molar-refractivity contribution in [1.82, 2.24) is 4.90 Å². The van der Waals surface area contributed by atoms with E-state index in [4.69, 9.17) is 33.2 Å². The van der Waals surface area contributed by atoms with E-state index in [1.165, 1.54) is 95.7 Å². The predicted molar refractivity (Wildman–Crippen MR) is 210 cm³/mol. The number of ether oxygens (including phenoxy) is 7. The van der Waals surface area contributed by atoms with Crippen molar-refractivity contribution in [1.29, 1.82) is 0 Å². The van der Waals surface area contributed by atoms with E-state index in [2.05, 4.69) is 6.92 Å². The van der Waals surface area contributed by atoms with Crippen molar-refractivity contribution >= 4 is 41.7 Å². The second-order valence-electron chi connectivity index (χ2n) is 16.3. The maximum Gasteiger partial charge on any atom is 0.412 e. The fourth-order valence-electron chi connectivity index (χ4n) is 7.30. The Bertz CT molecular complexity index is 1210. The predicted octanol–water partition coefficient (Wildman–Crippen LogP) is 8.41. The molecule has 318 valence electrons. The Kier molecular flexibility index (Phi) is 21.4. The lowest BCUT2D eigenvalue weighted by atomic mass is 9.98. The van der Waals surface area contributed by atoms with Gasteiger partial charge in [-0.2, -0.15) is 0 Å². The van der Waals surface area contributed by atoms with Gasteiger partial charge in [-0.25, -0.2) is 9.59 Å². The lowest BCUT2D eigenvalue weighted by Gasteiger charge is -2.43. The van der Waals surface area contributed by atoms with Crippen LogP contribution in [0.25, 0.3) is 0 Å². The summed E-state index contributed by atoms with van der Waals surface area (Å²) in [5.41, 5.74) is -2.87. The minimum atomic E-state index is -1.50. The van der Waals surface area contributed by atoms with Crippen LogP contribution in [0.3, 0.4) is 0 Å². The van der Waals surface area contributed by atoms with Crippen LogP contribution in [0.5, 0.6) is 0 Å². The van der Waals surface area contributed by atoms with E-state index in [9.17, 15) is 24.0 Å². The molecule has 14 heteroatoms. The number of thioether (sulfide) groups is 1. The SMILES string of the molecule is CCCCCCCCCCCCCCCCC[C@H]1OC(C)(C)N(C(=O)OC(C)(C)C)[C@H]1CS[C@H]1O[C@H](C(=O)OC)[C@H](OC(C)=O)[C@H](OC(C)=O)[C@H]1OC(C)=O. The van der Waals surface area contributed by atoms with Gasteiger partial charge >= 0.3 is 30.0 Å². The molecule has 0 spiro atoms. The summed E-state index contributed by atoms with van der Waals surface area (Å²) < 4.78 is 40.1. The molecule has 0 N–H and O–H groups in total. The maximum atomic E-state index is 13.8. The number of carbonyl (C=O) groups excluding carboxylic acids is 5. The van der Waals surface area contributed by atoms with Gasteiger partial charge in [-0.1, -0.05) is 103 Å². The Morgan fingerprint density at radius 2 is 1.15 bits per heavy atom. The van der Waals surface area contributed by atoms with Crippen molar-refractivity contribution in [2.45, 2.75) is 218 Å². The van der Waals surface area contributed by atoms with Crippen LogP contribution in [-0.2, 0) is 52.3 Å². The highest BCUT2D eigenvalue weighted by atomic mass is 32.2. The molecule has 2 aliphatic heterocycles. The fourth-order valence-corrected chi connectivity index (χ4v) is 8.64. The zero-order chi connectivity index (χ0) is 41.2. The standard InChI is InChI=1S/C41H71NO12S/c1-11-12-13-14-15-16-17-18-19-20-21-22-23-24-25-26-32-31(42(41(8,9)53-32)39(47)54-40(5,6)7)27-55-38-36(51-30(4)45)34(50-29(3)44)33(49-28(2)43)35(52-38)37(46)48-10/h31-36,38H,11-27H2,1-10H3/t31-,32+,33+,34-,35-,36+,38+/m0/s1. The first-order valence-corrected chi connectivity index (χ1v) is 21.5. The Hall–Kier alpha value is -2.58. The monoisotopic (exact) mass is 801 g/mol. The molecule has 1 amide bonds. The van der Waals surface area contributed by atoms with Crippen LogP contribution < -0.4 is 0 Å². The summed E-state index contributed by atoms with van der Waals surface area (Å²) in [4.78, 5) is 65.1. The summed E-state index contributed by atoms with van der Waals surface area (Å²) in [5.74, 6) is -2.89. The molecule has 2 rings (SSSR count). The van der Waals surface area contributed by atoms with Gasteiger partial charge < -0.3 is 33.2 Å². The van der Waals surface area contributed by atoms with Gasteiger partial charge in [0.15, 0.2) is 24.4 Å². The van der Waals surface area contributed by atoms with E-state index in [-0.39, 0.29) is 11.9 Å². The van der Waals surface area contributed by atoms with Crippen LogP contribution >= 0.6 is 11.8 Å². The molecule has 2 heterocycles. The van der Waals surface area contributed by atoms with Crippen LogP contribution in [0.2, 0.25) is 0 Å². The van der Waals surface area contributed by atoms with Crippen molar-refractivity contribution in [2.24, 2.45) is 0 Å². The fraction of sp³-hybridized carbons (Fsp3) is 0.878. The quantitative estimate of drug-likeness (QED) is 0.0553. The third-order valence-electron chi connectivity index (χ3n) is 9.73. The number of esters is 4. The first kappa shape index (κ1) is 48.6. The maximum absolute atomic E-state index is 13.8. The molecule has 0 aromatic rings. The summed E-state index contributed by atoms with van der Waals surface area (Å²) in [5, 5.41) is 0. The van der Waals surface area contributed by atoms with E-state index in [1.807, 2.05) is 13.8 Å². The Balaban J connectivity index is 2.16. The van der Waals surface area contributed by atoms with Gasteiger partial charge in [-0.15, -0.1) is 11.8 Å². The molecule has 0 aliphatic carbocycles. The minimum Gasteiger partial charge on any atom is -0.467 e. The third kappa shape index (κ3) is 17.2. The normalized spacial score (nSPS) is 24.9. The van der Waals surface area contributed by atoms with Gasteiger partial charge in [0.1, 0.15) is 16.8 Å². The van der Waals surface area contributed by atoms with Crippen LogP contribution in [0.4, 0.5) is 4.79 Å². The van der Waals surface area contributed by atoms with Crippen LogP contribution in [0.15, 0.2) is 0 Å². The Morgan fingerprint density at radius 3 is 1.60 bits per heavy atom. The molecule has 0 radical (unpaired) electrons. The van der Waals surface area contributed by atoms with Gasteiger partial charge in [-0.3, -0.25) is 19.3 Å². The summed E-state index contributed by atoms with van der Waals surface area (Å²) >= 11 is 1.17. The number of hydrogen-bond acceptors (Lipinski definition) is 13. The first-order valence-electron chi connectivity index (χ1n) is 20.5. The molecule has 0 aromatic heterocycles. The molecular formula is C41H71NO12S. The summed E-state index contributed by atoms with van der Waals surface area (Å²) in [6.07, 6.45) is 13.0. The highest BCUT2D eigenvalue weighted by molar-refractivity contribution is 7.99. The minimum absolute atomic E-state index is 0.216. The number of amides is 1. The molecule has 7 atom stereocenters. The number of nitrogens with zero attached hydrogens (tertiary/aromatic N) is 1. The highest BCUT2D eigenvalue weighted by Crippen LogP contribution is 2.41. The molecule has 2 fully saturated rings. The summed E-state index contributed by atoms with van der Waals surface area (Å²) in [6, 6.07) is -0.502. The molecule has 55 heavy (non-hydrogen) atoms. The van der Waals surface area contributed by atoms with Crippen molar-refractivity contribution in [3.63, 3.8) is 0 Å². The van der Waals surface area contributed by atoms with E-state index in [0.717, 1.165) is 40.2 Å². The number of hydrogen-bond donors (Lipinski definition) is 0. The molecule has 0 saturated carbocycles. The van der Waals surface area contributed by atoms with Crippen molar-refractivity contribution < 1.29 is 57.1 Å². The number of methoxy groups -OCH3 is 1. The Morgan fingerprint density at radius 1 is 0.691 bits per heavy atom. The molecule has 2 saturated heterocycles. The summed E-state index contributed by atoms with van der Waals surface area (Å²) in [6.45, 7) is 14.8. The zero-order valence-electron chi connectivity index (χ0n) is 35.3. The van der Waals surface area contributed by atoms with Gasteiger partial charge in [0.05, 0.1) is 19.3 Å². The molecular weight excluding hydrogens is 731 g/mol. The lowest BCUT2D eigenvalue weighted by molar-refractivity contribution is -0.235. The van der Waals surface area contributed by atoms with Crippen LogP contribution in [0.1, 0.15) is 165 Å². The Labute approximate surface area is 334 Å². The zero-order valence-corrected chi connectivity index (χ0v) is 36.1. The second-order valence-corrected chi connectivity index (χ2v) is 17.4. The smallest absolute Gasteiger partial charge is 0.412 e. The molecule has 2 aliphatic rings. The van der Waals surface area contributed by atoms with Gasteiger partial charge in [0, 0.05) is 26.5 Å². The van der Waals surface area contributed by atoms with Crippen LogP contribution in [0, 0.1) is 0 Å². The van der Waals surface area contributed by atoms with Crippen LogP contribution in [-0.4, -0.2) is 101 Å². The third-order valence-corrected chi connectivity index (χ3v) is 11.0. The lowest BCUT2D eigenvalue weighted by Crippen LogP contribution is -2.62. The van der Waals surface area contributed by atoms with Gasteiger partial charge in [-0.05, 0) is 41.0 Å². The number of rotatable bonds is 23. The van der Waals surface area contributed by atoms with E-state index < -0.39 is 77.2 Å². The molecule has 0 bridgehead atoms. The first-order chi connectivity index (χ1) is 25.9. The summed E-state index contributed by atoms with van der Waals surface area (Å²) in [7, 11) is 1.15. The average Bonchev–Trinajstić information content (AvgIpc) is 3.34. The van der Waals surface area contributed by atoms with E-state index >= 15 is 0 Å². The topological polar surface area (TPSA) is 153 Å². The largest absolute Gasteiger partial charge is 0.467 e. The second kappa shape index (κ2) is 24.2. The van der Waals surface area contributed by atoms with Crippen molar-refractivity contribution in [3.05, 3.63) is 0 Å².